The van der Waals surface area contributed by atoms with Gasteiger partial charge in [0.1, 0.15) is 5.52 Å². The van der Waals surface area contributed by atoms with Crippen molar-refractivity contribution in [3.8, 4) is 0 Å². The highest BCUT2D eigenvalue weighted by Crippen LogP contribution is 2.20. The number of hydrogen-bond acceptors (Lipinski definition) is 4. The topological polar surface area (TPSA) is 68.0 Å². The van der Waals surface area contributed by atoms with Crippen LogP contribution in [0.25, 0.3) is 11.0 Å². The molecule has 0 unspecified atom stereocenters. The van der Waals surface area contributed by atoms with Gasteiger partial charge in [0.25, 0.3) is 5.91 Å². The Hall–Kier alpha value is -2.21. The molecular weight excluding hydrogens is 310 g/mol. The molecule has 2 aromatic carbocycles. The highest BCUT2D eigenvalue weighted by molar-refractivity contribution is 9.10. The number of nitrogens with one attached hydrogen (secondary N) is 1. The van der Waals surface area contributed by atoms with Gasteiger partial charge in [0.15, 0.2) is 5.52 Å². The van der Waals surface area contributed by atoms with Crippen molar-refractivity contribution in [1.82, 2.24) is 10.3 Å². The molecule has 5 nitrogen and oxygen atoms in total. The van der Waals surface area contributed by atoms with Gasteiger partial charge in [0.2, 0.25) is 0 Å². The lowest BCUT2D eigenvalue weighted by atomic mass is 10.2. The number of halogens is 1. The highest BCUT2D eigenvalue weighted by Gasteiger charge is 2.10. The quantitative estimate of drug-likeness (QED) is 0.787. The summed E-state index contributed by atoms with van der Waals surface area (Å²) in [4.78, 5) is 12.1. The second-order valence-electron chi connectivity index (χ2n) is 3.90. The Morgan fingerprint density at radius 1 is 1.11 bits per heavy atom. The van der Waals surface area contributed by atoms with Gasteiger partial charge in [0.05, 0.1) is 5.69 Å². The zero-order chi connectivity index (χ0) is 13.2. The zero-order valence-corrected chi connectivity index (χ0v) is 11.2. The molecule has 1 amide bonds. The van der Waals surface area contributed by atoms with Crippen LogP contribution in [-0.4, -0.2) is 16.2 Å². The number of aromatic nitrogens is 2. The summed E-state index contributed by atoms with van der Waals surface area (Å²) in [6, 6.07) is 12.4. The predicted molar refractivity (Wildman–Crippen MR) is 73.9 cm³/mol. The van der Waals surface area contributed by atoms with Crippen LogP contribution in [0.3, 0.4) is 0 Å². The van der Waals surface area contributed by atoms with E-state index in [1.54, 1.807) is 30.3 Å². The molecule has 0 saturated heterocycles. The van der Waals surface area contributed by atoms with Crippen molar-refractivity contribution in [2.75, 3.05) is 5.32 Å². The van der Waals surface area contributed by atoms with Crippen LogP contribution in [0.2, 0.25) is 0 Å². The largest absolute Gasteiger partial charge is 0.320 e. The SMILES string of the molecule is O=C(Nc1cccc2nonc12)c1ccc(Br)cc1. The minimum absolute atomic E-state index is 0.206. The molecule has 0 aliphatic rings. The number of anilines is 1. The van der Waals surface area contributed by atoms with Crippen LogP contribution < -0.4 is 5.32 Å². The van der Waals surface area contributed by atoms with Gasteiger partial charge in [0, 0.05) is 10.0 Å². The maximum Gasteiger partial charge on any atom is 0.255 e. The molecule has 3 rings (SSSR count). The fourth-order valence-electron chi connectivity index (χ4n) is 1.70. The molecule has 19 heavy (non-hydrogen) atoms. The van der Waals surface area contributed by atoms with E-state index in [4.69, 9.17) is 0 Å². The summed E-state index contributed by atoms with van der Waals surface area (Å²) < 4.78 is 5.57. The summed E-state index contributed by atoms with van der Waals surface area (Å²) in [6.07, 6.45) is 0. The molecule has 1 aromatic heterocycles. The molecule has 94 valence electrons. The lowest BCUT2D eigenvalue weighted by molar-refractivity contribution is 0.102. The van der Waals surface area contributed by atoms with E-state index in [-0.39, 0.29) is 5.91 Å². The van der Waals surface area contributed by atoms with Crippen molar-refractivity contribution in [3.05, 3.63) is 52.5 Å². The Morgan fingerprint density at radius 2 is 1.89 bits per heavy atom. The van der Waals surface area contributed by atoms with Crippen molar-refractivity contribution in [3.63, 3.8) is 0 Å². The number of carbonyl (C=O) groups excluding carboxylic acids is 1. The number of hydrogen-bond donors (Lipinski definition) is 1. The van der Waals surface area contributed by atoms with Crippen LogP contribution in [0.4, 0.5) is 5.69 Å². The Bertz CT molecular complexity index is 737. The summed E-state index contributed by atoms with van der Waals surface area (Å²) in [7, 11) is 0. The van der Waals surface area contributed by atoms with E-state index in [9.17, 15) is 4.79 Å². The molecule has 0 radical (unpaired) electrons. The first-order valence-corrected chi connectivity index (χ1v) is 6.31. The lowest BCUT2D eigenvalue weighted by Gasteiger charge is -2.05. The van der Waals surface area contributed by atoms with Gasteiger partial charge in [-0.15, -0.1) is 0 Å². The maximum atomic E-state index is 12.1. The number of nitrogens with zero attached hydrogens (tertiary/aromatic N) is 2. The minimum Gasteiger partial charge on any atom is -0.320 e. The number of fused-ring (bicyclic) bond motifs is 1. The van der Waals surface area contributed by atoms with Crippen LogP contribution in [-0.2, 0) is 0 Å². The number of carbonyl (C=O) groups is 1. The van der Waals surface area contributed by atoms with E-state index >= 15 is 0 Å². The average Bonchev–Trinajstić information content (AvgIpc) is 2.89. The van der Waals surface area contributed by atoms with E-state index in [1.807, 2.05) is 12.1 Å². The molecule has 1 N–H and O–H groups in total. The third-order valence-corrected chi connectivity index (χ3v) is 3.17. The predicted octanol–water partition coefficient (Wildman–Crippen LogP) is 3.24. The fourth-order valence-corrected chi connectivity index (χ4v) is 1.97. The zero-order valence-electron chi connectivity index (χ0n) is 9.63. The van der Waals surface area contributed by atoms with Gasteiger partial charge in [-0.2, -0.15) is 0 Å². The molecule has 0 aliphatic carbocycles. The first kappa shape index (κ1) is 11.9. The molecule has 0 aliphatic heterocycles. The Morgan fingerprint density at radius 3 is 2.68 bits per heavy atom. The van der Waals surface area contributed by atoms with Crippen LogP contribution in [0.1, 0.15) is 10.4 Å². The van der Waals surface area contributed by atoms with E-state index in [0.29, 0.717) is 22.3 Å². The number of benzene rings is 2. The van der Waals surface area contributed by atoms with E-state index in [0.717, 1.165) is 4.47 Å². The van der Waals surface area contributed by atoms with E-state index in [2.05, 4.69) is 36.2 Å². The van der Waals surface area contributed by atoms with Gasteiger partial charge in [-0.05, 0) is 46.7 Å². The molecule has 0 spiro atoms. The molecular formula is C13H8BrN3O2. The molecule has 3 aromatic rings. The van der Waals surface area contributed by atoms with Gasteiger partial charge < -0.3 is 5.32 Å². The van der Waals surface area contributed by atoms with Gasteiger partial charge >= 0.3 is 0 Å². The standard InChI is InChI=1S/C13H8BrN3O2/c14-9-6-4-8(5-7-9)13(18)15-10-2-1-3-11-12(10)17-19-16-11/h1-7H,(H,15,18). The van der Waals surface area contributed by atoms with Gasteiger partial charge in [-0.25, -0.2) is 4.63 Å². The monoisotopic (exact) mass is 317 g/mol. The first-order chi connectivity index (χ1) is 9.24. The second kappa shape index (κ2) is 4.81. The summed E-state index contributed by atoms with van der Waals surface area (Å²) in [5.41, 5.74) is 2.28. The van der Waals surface area contributed by atoms with Crippen molar-refractivity contribution < 1.29 is 9.42 Å². The fraction of sp³-hybridized carbons (Fsp3) is 0. The lowest BCUT2D eigenvalue weighted by Crippen LogP contribution is -2.11. The second-order valence-corrected chi connectivity index (χ2v) is 4.81. The van der Waals surface area contributed by atoms with Crippen molar-refractivity contribution in [2.45, 2.75) is 0 Å². The number of amides is 1. The average molecular weight is 318 g/mol. The third-order valence-electron chi connectivity index (χ3n) is 2.64. The normalized spacial score (nSPS) is 10.6. The summed E-state index contributed by atoms with van der Waals surface area (Å²) >= 11 is 3.33. The van der Waals surface area contributed by atoms with Crippen LogP contribution in [0.15, 0.2) is 51.6 Å². The smallest absolute Gasteiger partial charge is 0.255 e. The Balaban J connectivity index is 1.90. The maximum absolute atomic E-state index is 12.1. The molecule has 0 bridgehead atoms. The highest BCUT2D eigenvalue weighted by atomic mass is 79.9. The van der Waals surface area contributed by atoms with E-state index < -0.39 is 0 Å². The Kier molecular flexibility index (Phi) is 3.00. The molecule has 0 saturated carbocycles. The van der Waals surface area contributed by atoms with Crippen molar-refractivity contribution in [1.29, 1.82) is 0 Å². The molecule has 1 heterocycles. The van der Waals surface area contributed by atoms with Crippen LogP contribution in [0.5, 0.6) is 0 Å². The molecule has 0 atom stereocenters. The van der Waals surface area contributed by atoms with Gasteiger partial charge in [-0.1, -0.05) is 22.0 Å². The van der Waals surface area contributed by atoms with Crippen molar-refractivity contribution >= 4 is 38.6 Å². The third kappa shape index (κ3) is 2.34. The van der Waals surface area contributed by atoms with Crippen LogP contribution >= 0.6 is 15.9 Å². The summed E-state index contributed by atoms with van der Waals surface area (Å²) in [5, 5.41) is 10.3. The molecule has 6 heteroatoms. The first-order valence-electron chi connectivity index (χ1n) is 5.52. The van der Waals surface area contributed by atoms with Crippen LogP contribution in [0, 0.1) is 0 Å². The van der Waals surface area contributed by atoms with E-state index in [1.165, 1.54) is 0 Å². The Labute approximate surface area is 116 Å². The summed E-state index contributed by atoms with van der Waals surface area (Å²) in [5.74, 6) is -0.206. The van der Waals surface area contributed by atoms with Gasteiger partial charge in [-0.3, -0.25) is 4.79 Å². The minimum atomic E-state index is -0.206. The summed E-state index contributed by atoms with van der Waals surface area (Å²) in [6.45, 7) is 0. The van der Waals surface area contributed by atoms with Crippen molar-refractivity contribution in [2.24, 2.45) is 0 Å². The number of rotatable bonds is 2. The molecule has 0 fully saturated rings.